The fraction of sp³-hybridized carbons (Fsp3) is 0.588. The van der Waals surface area contributed by atoms with Gasteiger partial charge in [-0.05, 0) is 72.5 Å². The number of hydrogen-bond donors (Lipinski definition) is 1. The molecule has 1 N–H and O–H groups in total. The average Bonchev–Trinajstić information content (AvgIpc) is 2.94. The molecule has 104 valence electrons. The van der Waals surface area contributed by atoms with Crippen molar-refractivity contribution >= 4 is 6.21 Å². The molecule has 0 aliphatic heterocycles. The summed E-state index contributed by atoms with van der Waals surface area (Å²) in [7, 11) is 0. The lowest BCUT2D eigenvalue weighted by Gasteiger charge is -2.75. The predicted molar refractivity (Wildman–Crippen MR) is 73.2 cm³/mol. The quantitative estimate of drug-likeness (QED) is 0.497. The summed E-state index contributed by atoms with van der Waals surface area (Å²) in [6, 6.07) is 6.86. The van der Waals surface area contributed by atoms with Gasteiger partial charge in [-0.1, -0.05) is 12.1 Å². The molecule has 0 heterocycles. The van der Waals surface area contributed by atoms with E-state index in [9.17, 15) is 9.60 Å². The molecular formula is C17H18FNO. The summed E-state index contributed by atoms with van der Waals surface area (Å²) >= 11 is 0. The van der Waals surface area contributed by atoms with Crippen LogP contribution < -0.4 is 0 Å². The van der Waals surface area contributed by atoms with E-state index in [4.69, 9.17) is 0 Å². The van der Waals surface area contributed by atoms with E-state index in [1.807, 2.05) is 12.1 Å². The van der Waals surface area contributed by atoms with Crippen LogP contribution in [0.1, 0.15) is 31.2 Å². The van der Waals surface area contributed by atoms with Gasteiger partial charge in [0.2, 0.25) is 0 Å². The van der Waals surface area contributed by atoms with Crippen molar-refractivity contribution in [1.29, 1.82) is 0 Å². The fourth-order valence-electron chi connectivity index (χ4n) is 6.78. The third-order valence-electron chi connectivity index (χ3n) is 7.18. The van der Waals surface area contributed by atoms with Gasteiger partial charge in [0, 0.05) is 5.41 Å². The van der Waals surface area contributed by atoms with Crippen LogP contribution in [0, 0.1) is 34.9 Å². The monoisotopic (exact) mass is 271 g/mol. The standard InChI is InChI=1S/C17H18FNO/c18-13-3-1-11(2-4-13)17(9-19-20)14-6-10-5-12-7-15(17)16(12,14)8-10/h1-4,9-10,12,14-15,20H,5-8H2/b19-9+. The molecule has 0 radical (unpaired) electrons. The highest BCUT2D eigenvalue weighted by atomic mass is 19.1. The molecule has 0 saturated heterocycles. The average molecular weight is 271 g/mol. The molecular weight excluding hydrogens is 253 g/mol. The molecule has 2 nitrogen and oxygen atoms in total. The van der Waals surface area contributed by atoms with Gasteiger partial charge in [0.15, 0.2) is 0 Å². The normalized spacial score (nSPS) is 50.9. The highest BCUT2D eigenvalue weighted by molar-refractivity contribution is 5.78. The summed E-state index contributed by atoms with van der Waals surface area (Å²) in [5.74, 6) is 2.82. The van der Waals surface area contributed by atoms with Crippen molar-refractivity contribution in [2.24, 2.45) is 34.2 Å². The van der Waals surface area contributed by atoms with Crippen molar-refractivity contribution in [3.05, 3.63) is 35.6 Å². The Morgan fingerprint density at radius 3 is 2.60 bits per heavy atom. The van der Waals surface area contributed by atoms with E-state index in [2.05, 4.69) is 5.16 Å². The minimum Gasteiger partial charge on any atom is -0.411 e. The van der Waals surface area contributed by atoms with Gasteiger partial charge >= 0.3 is 0 Å². The predicted octanol–water partition coefficient (Wildman–Crippen LogP) is 3.59. The van der Waals surface area contributed by atoms with Crippen LogP contribution in [0.15, 0.2) is 29.4 Å². The van der Waals surface area contributed by atoms with E-state index in [1.54, 1.807) is 6.21 Å². The Bertz CT molecular complexity index is 612. The highest BCUT2D eigenvalue weighted by Gasteiger charge is 2.82. The second-order valence-electron chi connectivity index (χ2n) is 7.38. The summed E-state index contributed by atoms with van der Waals surface area (Å²) in [5.41, 5.74) is 1.55. The first-order valence-electron chi connectivity index (χ1n) is 7.66. The van der Waals surface area contributed by atoms with Crippen molar-refractivity contribution in [3.63, 3.8) is 0 Å². The topological polar surface area (TPSA) is 32.6 Å². The number of halogens is 1. The molecule has 4 fully saturated rings. The molecule has 1 spiro atoms. The Balaban J connectivity index is 1.65. The van der Waals surface area contributed by atoms with Crippen molar-refractivity contribution in [2.45, 2.75) is 31.1 Å². The van der Waals surface area contributed by atoms with Crippen LogP contribution in [0.4, 0.5) is 4.39 Å². The zero-order valence-corrected chi connectivity index (χ0v) is 11.3. The van der Waals surface area contributed by atoms with Crippen LogP contribution >= 0.6 is 0 Å². The number of fused-ring (bicyclic) bond motifs is 1. The maximum Gasteiger partial charge on any atom is 0.123 e. The molecule has 0 amide bonds. The first-order valence-corrected chi connectivity index (χ1v) is 7.66. The van der Waals surface area contributed by atoms with E-state index in [0.29, 0.717) is 17.3 Å². The summed E-state index contributed by atoms with van der Waals surface area (Å²) in [5, 5.41) is 12.6. The van der Waals surface area contributed by atoms with E-state index in [-0.39, 0.29) is 11.2 Å². The summed E-state index contributed by atoms with van der Waals surface area (Å²) in [6.07, 6.45) is 7.09. The van der Waals surface area contributed by atoms with E-state index in [1.165, 1.54) is 37.8 Å². The molecule has 0 aromatic heterocycles. The van der Waals surface area contributed by atoms with Gasteiger partial charge < -0.3 is 5.21 Å². The van der Waals surface area contributed by atoms with Gasteiger partial charge in [-0.25, -0.2) is 4.39 Å². The Morgan fingerprint density at radius 1 is 1.15 bits per heavy atom. The van der Waals surface area contributed by atoms with Crippen LogP contribution in [-0.2, 0) is 5.41 Å². The van der Waals surface area contributed by atoms with Crippen LogP contribution in [-0.4, -0.2) is 11.4 Å². The first-order chi connectivity index (χ1) is 9.71. The van der Waals surface area contributed by atoms with Gasteiger partial charge in [0.1, 0.15) is 5.82 Å². The molecule has 3 heteroatoms. The second-order valence-corrected chi connectivity index (χ2v) is 7.38. The summed E-state index contributed by atoms with van der Waals surface area (Å²) in [4.78, 5) is 0. The fourth-order valence-corrected chi connectivity index (χ4v) is 6.78. The lowest BCUT2D eigenvalue weighted by Crippen LogP contribution is -2.74. The Kier molecular flexibility index (Phi) is 1.84. The van der Waals surface area contributed by atoms with Crippen molar-refractivity contribution in [1.82, 2.24) is 0 Å². The SMILES string of the molecule is O/N=C/C1(c2ccc(F)cc2)C2CC3CC4CC1C42C3. The Morgan fingerprint density at radius 2 is 1.90 bits per heavy atom. The van der Waals surface area contributed by atoms with Crippen LogP contribution in [0.2, 0.25) is 0 Å². The maximum absolute atomic E-state index is 13.2. The van der Waals surface area contributed by atoms with Gasteiger partial charge in [-0.2, -0.15) is 0 Å². The molecule has 4 aliphatic carbocycles. The highest BCUT2D eigenvalue weighted by Crippen LogP contribution is 2.86. The van der Waals surface area contributed by atoms with E-state index < -0.39 is 0 Å². The molecule has 6 atom stereocenters. The van der Waals surface area contributed by atoms with Gasteiger partial charge in [-0.3, -0.25) is 0 Å². The zero-order valence-electron chi connectivity index (χ0n) is 11.3. The lowest BCUT2D eigenvalue weighted by atomic mass is 9.27. The van der Waals surface area contributed by atoms with E-state index >= 15 is 0 Å². The second kappa shape index (κ2) is 3.26. The minimum absolute atomic E-state index is 0.131. The van der Waals surface area contributed by atoms with Crippen molar-refractivity contribution in [2.75, 3.05) is 0 Å². The Hall–Kier alpha value is -1.38. The molecule has 6 unspecified atom stereocenters. The molecule has 1 aromatic rings. The maximum atomic E-state index is 13.2. The largest absolute Gasteiger partial charge is 0.411 e. The van der Waals surface area contributed by atoms with Gasteiger partial charge in [0.25, 0.3) is 0 Å². The number of rotatable bonds is 2. The molecule has 20 heavy (non-hydrogen) atoms. The number of nitrogens with zero attached hydrogens (tertiary/aromatic N) is 1. The smallest absolute Gasteiger partial charge is 0.123 e. The molecule has 1 aromatic carbocycles. The third-order valence-corrected chi connectivity index (χ3v) is 7.18. The van der Waals surface area contributed by atoms with Crippen LogP contribution in [0.3, 0.4) is 0 Å². The number of oxime groups is 1. The van der Waals surface area contributed by atoms with Crippen LogP contribution in [0.25, 0.3) is 0 Å². The molecule has 2 bridgehead atoms. The zero-order chi connectivity index (χ0) is 13.5. The number of hydrogen-bond acceptors (Lipinski definition) is 2. The van der Waals surface area contributed by atoms with Gasteiger partial charge in [-0.15, -0.1) is 5.16 Å². The van der Waals surface area contributed by atoms with Crippen molar-refractivity contribution < 1.29 is 9.60 Å². The molecule has 4 saturated carbocycles. The molecule has 5 rings (SSSR count). The summed E-state index contributed by atoms with van der Waals surface area (Å²) in [6.45, 7) is 0. The minimum atomic E-state index is -0.196. The first kappa shape index (κ1) is 11.3. The van der Waals surface area contributed by atoms with E-state index in [0.717, 1.165) is 17.4 Å². The van der Waals surface area contributed by atoms with Crippen LogP contribution in [0.5, 0.6) is 0 Å². The lowest BCUT2D eigenvalue weighted by molar-refractivity contribution is -0.220. The molecule has 4 aliphatic rings. The van der Waals surface area contributed by atoms with Crippen molar-refractivity contribution in [3.8, 4) is 0 Å². The Labute approximate surface area is 117 Å². The third kappa shape index (κ3) is 0.942. The number of benzene rings is 1. The van der Waals surface area contributed by atoms with Gasteiger partial charge in [0.05, 0.1) is 6.21 Å². The summed E-state index contributed by atoms with van der Waals surface area (Å²) < 4.78 is 13.2.